The molecule has 0 saturated heterocycles. The molecule has 1 aromatic carbocycles. The zero-order chi connectivity index (χ0) is 19.2. The first-order valence-corrected chi connectivity index (χ1v) is 9.53. The highest BCUT2D eigenvalue weighted by molar-refractivity contribution is 7.99. The van der Waals surface area contributed by atoms with Gasteiger partial charge in [0, 0.05) is 13.6 Å². The molecular weight excluding hydrogens is 364 g/mol. The monoisotopic (exact) mass is 386 g/mol. The normalized spacial score (nSPS) is 10.8. The molecule has 3 aromatic rings. The quantitative estimate of drug-likeness (QED) is 0.600. The Balaban J connectivity index is 1.46. The van der Waals surface area contributed by atoms with Gasteiger partial charge in [0.2, 0.25) is 5.91 Å². The number of aromatic nitrogens is 3. The molecule has 2 heterocycles. The van der Waals surface area contributed by atoms with E-state index in [0.29, 0.717) is 17.5 Å². The Morgan fingerprint density at radius 3 is 2.70 bits per heavy atom. The molecule has 0 saturated carbocycles. The molecule has 0 spiro atoms. The first-order chi connectivity index (χ1) is 13.1. The van der Waals surface area contributed by atoms with Crippen molar-refractivity contribution in [2.45, 2.75) is 18.5 Å². The van der Waals surface area contributed by atoms with Crippen LogP contribution in [0.25, 0.3) is 11.4 Å². The van der Waals surface area contributed by atoms with Crippen molar-refractivity contribution in [1.82, 2.24) is 20.1 Å². The molecule has 8 heteroatoms. The van der Waals surface area contributed by atoms with Crippen molar-refractivity contribution < 1.29 is 13.9 Å². The lowest BCUT2D eigenvalue weighted by atomic mass is 10.1. The van der Waals surface area contributed by atoms with Gasteiger partial charge in [0.15, 0.2) is 11.0 Å². The number of amides is 1. The van der Waals surface area contributed by atoms with E-state index in [4.69, 9.17) is 9.15 Å². The second kappa shape index (κ2) is 8.77. The summed E-state index contributed by atoms with van der Waals surface area (Å²) in [5.74, 6) is 2.60. The predicted octanol–water partition coefficient (Wildman–Crippen LogP) is 2.84. The number of nitrogens with one attached hydrogen (secondary N) is 1. The van der Waals surface area contributed by atoms with E-state index in [9.17, 15) is 4.79 Å². The van der Waals surface area contributed by atoms with Crippen LogP contribution in [-0.4, -0.2) is 40.1 Å². The van der Waals surface area contributed by atoms with E-state index in [-0.39, 0.29) is 5.91 Å². The van der Waals surface area contributed by atoms with Crippen LogP contribution in [-0.2, 0) is 18.3 Å². The van der Waals surface area contributed by atoms with E-state index >= 15 is 0 Å². The van der Waals surface area contributed by atoms with Gasteiger partial charge in [0.05, 0.1) is 24.7 Å². The lowest BCUT2D eigenvalue weighted by Gasteiger charge is -2.06. The van der Waals surface area contributed by atoms with Crippen LogP contribution in [0.4, 0.5) is 0 Å². The average molecular weight is 386 g/mol. The number of carbonyl (C=O) groups excluding carboxylic acids is 1. The zero-order valence-electron chi connectivity index (χ0n) is 15.6. The molecular formula is C19H22N4O3S. The number of hydrogen-bond donors (Lipinski definition) is 1. The Bertz CT molecular complexity index is 902. The molecule has 7 nitrogen and oxygen atoms in total. The summed E-state index contributed by atoms with van der Waals surface area (Å²) in [4.78, 5) is 12.1. The Morgan fingerprint density at radius 1 is 1.26 bits per heavy atom. The van der Waals surface area contributed by atoms with Crippen LogP contribution in [0.2, 0.25) is 0 Å². The van der Waals surface area contributed by atoms with Crippen LogP contribution >= 0.6 is 11.8 Å². The summed E-state index contributed by atoms with van der Waals surface area (Å²) in [5.41, 5.74) is 2.05. The number of furan rings is 1. The van der Waals surface area contributed by atoms with Crippen LogP contribution in [0.15, 0.2) is 46.2 Å². The van der Waals surface area contributed by atoms with E-state index in [0.717, 1.165) is 34.9 Å². The van der Waals surface area contributed by atoms with Crippen LogP contribution < -0.4 is 10.1 Å². The van der Waals surface area contributed by atoms with Crippen molar-refractivity contribution in [2.75, 3.05) is 19.4 Å². The summed E-state index contributed by atoms with van der Waals surface area (Å²) < 4.78 is 12.3. The molecule has 3 rings (SSSR count). The summed E-state index contributed by atoms with van der Waals surface area (Å²) in [7, 11) is 3.52. The lowest BCUT2D eigenvalue weighted by Crippen LogP contribution is -2.27. The van der Waals surface area contributed by atoms with Gasteiger partial charge in [-0.25, -0.2) is 0 Å². The highest BCUT2D eigenvalue weighted by atomic mass is 32.2. The molecule has 0 unspecified atom stereocenters. The molecule has 0 fully saturated rings. The van der Waals surface area contributed by atoms with Gasteiger partial charge >= 0.3 is 0 Å². The molecule has 0 atom stereocenters. The van der Waals surface area contributed by atoms with E-state index in [2.05, 4.69) is 15.5 Å². The molecule has 0 aliphatic heterocycles. The molecule has 2 aromatic heterocycles. The largest absolute Gasteiger partial charge is 0.497 e. The van der Waals surface area contributed by atoms with E-state index in [1.54, 1.807) is 13.4 Å². The first kappa shape index (κ1) is 19.0. The molecule has 27 heavy (non-hydrogen) atoms. The molecule has 142 valence electrons. The van der Waals surface area contributed by atoms with Gasteiger partial charge in [-0.2, -0.15) is 0 Å². The highest BCUT2D eigenvalue weighted by Gasteiger charge is 2.15. The van der Waals surface area contributed by atoms with Gasteiger partial charge in [0.1, 0.15) is 11.5 Å². The van der Waals surface area contributed by atoms with E-state index in [1.807, 2.05) is 48.9 Å². The number of aryl methyl sites for hydroxylation is 1. The van der Waals surface area contributed by atoms with Crippen LogP contribution in [0.1, 0.15) is 11.3 Å². The fourth-order valence-corrected chi connectivity index (χ4v) is 3.35. The third kappa shape index (κ3) is 4.71. The lowest BCUT2D eigenvalue weighted by molar-refractivity contribution is -0.118. The van der Waals surface area contributed by atoms with Crippen LogP contribution in [0.3, 0.4) is 0 Å². The first-order valence-electron chi connectivity index (χ1n) is 8.54. The summed E-state index contributed by atoms with van der Waals surface area (Å²) in [6.07, 6.45) is 2.40. The van der Waals surface area contributed by atoms with Crippen molar-refractivity contribution in [2.24, 2.45) is 7.05 Å². The molecule has 0 aliphatic rings. The Morgan fingerprint density at radius 2 is 2.04 bits per heavy atom. The number of ether oxygens (including phenoxy) is 1. The number of benzene rings is 1. The summed E-state index contributed by atoms with van der Waals surface area (Å²) in [6, 6.07) is 9.69. The Hall–Kier alpha value is -2.74. The molecule has 0 aliphatic carbocycles. The number of carbonyl (C=O) groups is 1. The fourth-order valence-electron chi connectivity index (χ4n) is 2.61. The number of thioether (sulfide) groups is 1. The second-order valence-electron chi connectivity index (χ2n) is 5.99. The number of nitrogens with zero attached hydrogens (tertiary/aromatic N) is 3. The maximum absolute atomic E-state index is 12.1. The van der Waals surface area contributed by atoms with Gasteiger partial charge < -0.3 is 19.0 Å². The number of rotatable bonds is 8. The fraction of sp³-hybridized carbons (Fsp3) is 0.316. The van der Waals surface area contributed by atoms with Crippen molar-refractivity contribution >= 4 is 17.7 Å². The van der Waals surface area contributed by atoms with E-state index < -0.39 is 0 Å². The standard InChI is InChI=1S/C19H22N4O3S/c1-13-16(9-11-26-13)18-21-22-19(23(18)2)27-12-17(24)20-10-8-14-4-6-15(25-3)7-5-14/h4-7,9,11H,8,10,12H2,1-3H3,(H,20,24). The summed E-state index contributed by atoms with van der Waals surface area (Å²) in [6.45, 7) is 2.47. The maximum Gasteiger partial charge on any atom is 0.230 e. The van der Waals surface area contributed by atoms with Crippen molar-refractivity contribution in [3.05, 3.63) is 47.9 Å². The van der Waals surface area contributed by atoms with Crippen LogP contribution in [0, 0.1) is 6.92 Å². The summed E-state index contributed by atoms with van der Waals surface area (Å²) in [5, 5.41) is 12.0. The topological polar surface area (TPSA) is 82.2 Å². The Kier molecular flexibility index (Phi) is 6.18. The third-order valence-electron chi connectivity index (χ3n) is 4.16. The van der Waals surface area contributed by atoms with Gasteiger partial charge in [-0.05, 0) is 37.1 Å². The smallest absolute Gasteiger partial charge is 0.230 e. The minimum absolute atomic E-state index is 0.0300. The van der Waals surface area contributed by atoms with Gasteiger partial charge in [-0.1, -0.05) is 23.9 Å². The van der Waals surface area contributed by atoms with E-state index in [1.165, 1.54) is 11.8 Å². The van der Waals surface area contributed by atoms with Gasteiger partial charge in [-0.3, -0.25) is 4.79 Å². The molecule has 0 bridgehead atoms. The SMILES string of the molecule is COc1ccc(CCNC(=O)CSc2nnc(-c3ccoc3C)n2C)cc1. The molecule has 0 radical (unpaired) electrons. The minimum atomic E-state index is -0.0300. The minimum Gasteiger partial charge on any atom is -0.497 e. The summed E-state index contributed by atoms with van der Waals surface area (Å²) >= 11 is 1.36. The van der Waals surface area contributed by atoms with Gasteiger partial charge in [0.25, 0.3) is 0 Å². The van der Waals surface area contributed by atoms with Crippen molar-refractivity contribution in [1.29, 1.82) is 0 Å². The number of methoxy groups -OCH3 is 1. The second-order valence-corrected chi connectivity index (χ2v) is 6.93. The van der Waals surface area contributed by atoms with Crippen molar-refractivity contribution in [3.63, 3.8) is 0 Å². The highest BCUT2D eigenvalue weighted by Crippen LogP contribution is 2.25. The molecule has 1 N–H and O–H groups in total. The number of hydrogen-bond acceptors (Lipinski definition) is 6. The van der Waals surface area contributed by atoms with Gasteiger partial charge in [-0.15, -0.1) is 10.2 Å². The Labute approximate surface area is 162 Å². The molecule has 1 amide bonds. The third-order valence-corrected chi connectivity index (χ3v) is 5.18. The predicted molar refractivity (Wildman–Crippen MR) is 104 cm³/mol. The average Bonchev–Trinajstić information content (AvgIpc) is 3.25. The van der Waals surface area contributed by atoms with Crippen LogP contribution in [0.5, 0.6) is 5.75 Å². The van der Waals surface area contributed by atoms with Crippen molar-refractivity contribution in [3.8, 4) is 17.1 Å². The zero-order valence-corrected chi connectivity index (χ0v) is 16.4. The maximum atomic E-state index is 12.1.